The first-order chi connectivity index (χ1) is 27.2. The van der Waals surface area contributed by atoms with Crippen molar-refractivity contribution in [3.63, 3.8) is 0 Å². The van der Waals surface area contributed by atoms with Gasteiger partial charge in [0.2, 0.25) is 0 Å². The van der Waals surface area contributed by atoms with Crippen molar-refractivity contribution in [2.45, 2.75) is 0 Å². The van der Waals surface area contributed by atoms with Crippen LogP contribution in [0.4, 0.5) is 0 Å². The normalized spacial score (nSPS) is 12.9. The molecule has 1 aliphatic rings. The first-order valence-electron chi connectivity index (χ1n) is 18.3. The summed E-state index contributed by atoms with van der Waals surface area (Å²) < 4.78 is 0. The molecule has 2 heterocycles. The van der Waals surface area contributed by atoms with Gasteiger partial charge in [-0.2, -0.15) is 0 Å². The summed E-state index contributed by atoms with van der Waals surface area (Å²) in [6, 6.07) is 65.5. The van der Waals surface area contributed by atoms with E-state index >= 15 is 0 Å². The Bertz CT molecular complexity index is 2630. The molecule has 2 N–H and O–H groups in total. The lowest BCUT2D eigenvalue weighted by Gasteiger charge is -2.28. The number of aromatic nitrogens is 3. The molecule has 260 valence electrons. The molecule has 1 aliphatic heterocycles. The molecule has 0 saturated heterocycles. The molecular formula is C50H35N5. The summed E-state index contributed by atoms with van der Waals surface area (Å²) in [7, 11) is 0. The smallest absolute Gasteiger partial charge is 0.164 e. The zero-order valence-corrected chi connectivity index (χ0v) is 29.9. The second-order valence-corrected chi connectivity index (χ2v) is 13.3. The zero-order chi connectivity index (χ0) is 37.0. The summed E-state index contributed by atoms with van der Waals surface area (Å²) in [5.74, 6) is 1.86. The Morgan fingerprint density at radius 1 is 0.400 bits per heavy atom. The third-order valence-electron chi connectivity index (χ3n) is 9.77. The van der Waals surface area contributed by atoms with E-state index in [1.54, 1.807) is 0 Å². The van der Waals surface area contributed by atoms with Crippen molar-refractivity contribution in [3.8, 4) is 45.3 Å². The lowest BCUT2D eigenvalue weighted by atomic mass is 9.84. The van der Waals surface area contributed by atoms with Crippen LogP contribution < -0.4 is 5.32 Å². The van der Waals surface area contributed by atoms with Crippen LogP contribution in [0.25, 0.3) is 68.3 Å². The molecule has 5 nitrogen and oxygen atoms in total. The van der Waals surface area contributed by atoms with Gasteiger partial charge in [-0.25, -0.2) is 15.0 Å². The Morgan fingerprint density at radius 2 is 0.836 bits per heavy atom. The van der Waals surface area contributed by atoms with Crippen molar-refractivity contribution in [1.82, 2.24) is 20.3 Å². The highest BCUT2D eigenvalue weighted by molar-refractivity contribution is 6.36. The number of hydrogen-bond acceptors (Lipinski definition) is 5. The molecule has 0 bridgehead atoms. The van der Waals surface area contributed by atoms with Crippen LogP contribution in [-0.4, -0.2) is 20.7 Å². The highest BCUT2D eigenvalue weighted by Crippen LogP contribution is 2.41. The van der Waals surface area contributed by atoms with Gasteiger partial charge in [-0.1, -0.05) is 194 Å². The van der Waals surface area contributed by atoms with Crippen molar-refractivity contribution in [3.05, 3.63) is 222 Å². The Morgan fingerprint density at radius 3 is 1.36 bits per heavy atom. The summed E-state index contributed by atoms with van der Waals surface area (Å²) in [5, 5.41) is 13.5. The highest BCUT2D eigenvalue weighted by atomic mass is 15.0. The fraction of sp³-hybridized carbons (Fsp3) is 0. The number of nitrogens with one attached hydrogen (secondary N) is 2. The molecule has 0 radical (unpaired) electrons. The van der Waals surface area contributed by atoms with Crippen LogP contribution >= 0.6 is 0 Å². The van der Waals surface area contributed by atoms with Crippen LogP contribution in [0.1, 0.15) is 27.8 Å². The van der Waals surface area contributed by atoms with E-state index in [2.05, 4.69) is 90.3 Å². The van der Waals surface area contributed by atoms with Gasteiger partial charge in [0.25, 0.3) is 0 Å². The van der Waals surface area contributed by atoms with E-state index in [4.69, 9.17) is 15.0 Å². The van der Waals surface area contributed by atoms with E-state index in [9.17, 15) is 5.41 Å². The minimum Gasteiger partial charge on any atom is -0.354 e. The first kappa shape index (κ1) is 33.3. The van der Waals surface area contributed by atoms with Crippen molar-refractivity contribution in [1.29, 1.82) is 5.41 Å². The SMILES string of the molecule is N=C(/C(=C1\NC(c2ccccc2)=Cc2cccc(-c3ccc(-c4nc(-c5ccccc5)nc(-c5ccccc5)n4)cc3)c21)c1ccccc1)c1ccccc1. The van der Waals surface area contributed by atoms with Crippen molar-refractivity contribution in [2.75, 3.05) is 0 Å². The fourth-order valence-corrected chi connectivity index (χ4v) is 7.06. The summed E-state index contributed by atoms with van der Waals surface area (Å²) in [6.07, 6.45) is 2.21. The second kappa shape index (κ2) is 14.9. The number of hydrogen-bond donors (Lipinski definition) is 2. The summed E-state index contributed by atoms with van der Waals surface area (Å²) in [4.78, 5) is 14.8. The van der Waals surface area contributed by atoms with Gasteiger partial charge in [-0.15, -0.1) is 0 Å². The van der Waals surface area contributed by atoms with Crippen LogP contribution in [0.2, 0.25) is 0 Å². The molecule has 9 rings (SSSR count). The van der Waals surface area contributed by atoms with Gasteiger partial charge in [0, 0.05) is 39.1 Å². The molecule has 8 aromatic rings. The molecule has 0 unspecified atom stereocenters. The molecule has 0 amide bonds. The zero-order valence-electron chi connectivity index (χ0n) is 29.9. The van der Waals surface area contributed by atoms with Gasteiger partial charge in [-0.05, 0) is 33.9 Å². The lowest BCUT2D eigenvalue weighted by Crippen LogP contribution is -2.21. The summed E-state index contributed by atoms with van der Waals surface area (Å²) >= 11 is 0. The molecule has 0 spiro atoms. The van der Waals surface area contributed by atoms with Gasteiger partial charge >= 0.3 is 0 Å². The summed E-state index contributed by atoms with van der Waals surface area (Å²) in [6.45, 7) is 0. The van der Waals surface area contributed by atoms with Crippen molar-refractivity contribution < 1.29 is 0 Å². The van der Waals surface area contributed by atoms with Gasteiger partial charge in [-0.3, -0.25) is 5.41 Å². The van der Waals surface area contributed by atoms with E-state index in [1.165, 1.54) is 0 Å². The maximum Gasteiger partial charge on any atom is 0.164 e. The third-order valence-corrected chi connectivity index (χ3v) is 9.77. The average Bonchev–Trinajstić information content (AvgIpc) is 3.27. The molecule has 7 aromatic carbocycles. The fourth-order valence-electron chi connectivity index (χ4n) is 7.06. The quantitative estimate of drug-likeness (QED) is 0.154. The Kier molecular flexibility index (Phi) is 9.01. The Labute approximate surface area is 320 Å². The van der Waals surface area contributed by atoms with E-state index in [-0.39, 0.29) is 0 Å². The van der Waals surface area contributed by atoms with Gasteiger partial charge in [0.05, 0.1) is 11.4 Å². The molecular weight excluding hydrogens is 671 g/mol. The first-order valence-corrected chi connectivity index (χ1v) is 18.3. The van der Waals surface area contributed by atoms with Crippen molar-refractivity contribution in [2.24, 2.45) is 0 Å². The van der Waals surface area contributed by atoms with E-state index < -0.39 is 0 Å². The van der Waals surface area contributed by atoms with Crippen LogP contribution in [0.3, 0.4) is 0 Å². The van der Waals surface area contributed by atoms with Gasteiger partial charge in [0.1, 0.15) is 0 Å². The standard InChI is InChI=1S/C50H35N5/c51-46(37-21-10-3-11-22-37)45(36-19-8-2-9-20-36)47-44-41(33-43(52-47)35-17-6-1-7-18-35)27-16-28-42(44)34-29-31-40(32-30-34)50-54-48(38-23-12-4-13-24-38)53-49(55-50)39-25-14-5-15-26-39/h1-33,51-52H/b47-45-,51-46?. The van der Waals surface area contributed by atoms with Gasteiger partial charge < -0.3 is 5.32 Å². The third kappa shape index (κ3) is 6.78. The second-order valence-electron chi connectivity index (χ2n) is 13.3. The Hall–Kier alpha value is -7.50. The molecule has 1 aromatic heterocycles. The number of allylic oxidation sites excluding steroid dienone is 1. The minimum atomic E-state index is 0.443. The average molecular weight is 706 g/mol. The van der Waals surface area contributed by atoms with Crippen LogP contribution in [0, 0.1) is 5.41 Å². The molecule has 0 atom stereocenters. The maximum atomic E-state index is 9.69. The number of rotatable bonds is 8. The topological polar surface area (TPSA) is 74.6 Å². The largest absolute Gasteiger partial charge is 0.354 e. The predicted octanol–water partition coefficient (Wildman–Crippen LogP) is 11.6. The lowest BCUT2D eigenvalue weighted by molar-refractivity contribution is 1.07. The molecule has 0 fully saturated rings. The number of fused-ring (bicyclic) bond motifs is 1. The van der Waals surface area contributed by atoms with Crippen molar-refractivity contribution >= 4 is 28.8 Å². The molecule has 0 aliphatic carbocycles. The van der Waals surface area contributed by atoms with E-state index in [0.29, 0.717) is 23.2 Å². The summed E-state index contributed by atoms with van der Waals surface area (Å²) in [5.41, 5.74) is 12.9. The van der Waals surface area contributed by atoms with E-state index in [0.717, 1.165) is 72.6 Å². The van der Waals surface area contributed by atoms with Crippen LogP contribution in [0.15, 0.2) is 194 Å². The van der Waals surface area contributed by atoms with Crippen LogP contribution in [0.5, 0.6) is 0 Å². The monoisotopic (exact) mass is 705 g/mol. The predicted molar refractivity (Wildman–Crippen MR) is 226 cm³/mol. The highest BCUT2D eigenvalue weighted by Gasteiger charge is 2.26. The molecule has 0 saturated carbocycles. The van der Waals surface area contributed by atoms with Crippen LogP contribution in [-0.2, 0) is 0 Å². The Balaban J connectivity index is 1.21. The van der Waals surface area contributed by atoms with E-state index in [1.807, 2.05) is 115 Å². The van der Waals surface area contributed by atoms with Gasteiger partial charge in [0.15, 0.2) is 17.5 Å². The molecule has 5 heteroatoms. The minimum absolute atomic E-state index is 0.443. The number of nitrogens with zero attached hydrogens (tertiary/aromatic N) is 3. The number of benzene rings is 7. The maximum absolute atomic E-state index is 9.69. The molecule has 55 heavy (non-hydrogen) atoms.